The molecule has 0 spiro atoms. The van der Waals surface area contributed by atoms with Crippen LogP contribution < -0.4 is 5.43 Å². The molecule has 21 heavy (non-hydrogen) atoms. The first-order valence-electron chi connectivity index (χ1n) is 6.44. The standard InChI is InChI=1S/C15H15BrN2O3/c1-8(2)12-7-18(17-13(14(12)19)15(20)21)11-5-9(3)4-10(16)6-11/h4-8H,1-3H3,(H,20,21). The van der Waals surface area contributed by atoms with Gasteiger partial charge in [0, 0.05) is 16.2 Å². The Labute approximate surface area is 130 Å². The van der Waals surface area contributed by atoms with Gasteiger partial charge in [-0.2, -0.15) is 5.10 Å². The molecule has 0 aliphatic carbocycles. The Morgan fingerprint density at radius 1 is 1.33 bits per heavy atom. The predicted octanol–water partition coefficient (Wildman–Crippen LogP) is 3.13. The Kier molecular flexibility index (Phi) is 4.27. The van der Waals surface area contributed by atoms with E-state index in [0.717, 1.165) is 10.0 Å². The summed E-state index contributed by atoms with van der Waals surface area (Å²) in [6.07, 6.45) is 1.60. The van der Waals surface area contributed by atoms with Crippen LogP contribution >= 0.6 is 15.9 Å². The molecule has 0 aliphatic rings. The lowest BCUT2D eigenvalue weighted by Crippen LogP contribution is -2.25. The largest absolute Gasteiger partial charge is 0.476 e. The van der Waals surface area contributed by atoms with Crippen LogP contribution in [0.25, 0.3) is 5.69 Å². The molecule has 0 amide bonds. The Morgan fingerprint density at radius 2 is 2.00 bits per heavy atom. The maximum Gasteiger partial charge on any atom is 0.360 e. The summed E-state index contributed by atoms with van der Waals surface area (Å²) in [6, 6.07) is 5.63. The van der Waals surface area contributed by atoms with E-state index in [4.69, 9.17) is 5.11 Å². The lowest BCUT2D eigenvalue weighted by Gasteiger charge is -2.12. The van der Waals surface area contributed by atoms with Crippen molar-refractivity contribution in [1.29, 1.82) is 0 Å². The van der Waals surface area contributed by atoms with Crippen LogP contribution in [0, 0.1) is 6.92 Å². The van der Waals surface area contributed by atoms with Crippen molar-refractivity contribution in [1.82, 2.24) is 9.78 Å². The van der Waals surface area contributed by atoms with Gasteiger partial charge in [0.1, 0.15) is 0 Å². The molecule has 0 fully saturated rings. The third kappa shape index (κ3) is 3.21. The molecule has 5 nitrogen and oxygen atoms in total. The number of rotatable bonds is 3. The third-order valence-corrected chi connectivity index (χ3v) is 3.52. The van der Waals surface area contributed by atoms with Gasteiger partial charge in [0.15, 0.2) is 0 Å². The van der Waals surface area contributed by atoms with E-state index in [9.17, 15) is 9.59 Å². The zero-order valence-electron chi connectivity index (χ0n) is 11.9. The molecule has 110 valence electrons. The molecule has 0 saturated heterocycles. The van der Waals surface area contributed by atoms with Crippen molar-refractivity contribution in [2.75, 3.05) is 0 Å². The van der Waals surface area contributed by atoms with Crippen LogP contribution in [-0.2, 0) is 0 Å². The van der Waals surface area contributed by atoms with Gasteiger partial charge in [-0.15, -0.1) is 0 Å². The summed E-state index contributed by atoms with van der Waals surface area (Å²) in [5.74, 6) is -1.40. The fourth-order valence-corrected chi connectivity index (χ4v) is 2.64. The smallest absolute Gasteiger partial charge is 0.360 e. The third-order valence-electron chi connectivity index (χ3n) is 3.06. The Balaban J connectivity index is 2.74. The van der Waals surface area contributed by atoms with Crippen molar-refractivity contribution in [3.63, 3.8) is 0 Å². The van der Waals surface area contributed by atoms with Gasteiger partial charge in [0.25, 0.3) is 0 Å². The number of benzene rings is 1. The summed E-state index contributed by atoms with van der Waals surface area (Å²) in [4.78, 5) is 23.3. The van der Waals surface area contributed by atoms with Crippen LogP contribution in [0.3, 0.4) is 0 Å². The molecule has 6 heteroatoms. The van der Waals surface area contributed by atoms with Crippen molar-refractivity contribution < 1.29 is 9.90 Å². The quantitative estimate of drug-likeness (QED) is 0.922. The Morgan fingerprint density at radius 3 is 2.52 bits per heavy atom. The van der Waals surface area contributed by atoms with Gasteiger partial charge in [0.2, 0.25) is 11.1 Å². The van der Waals surface area contributed by atoms with E-state index in [0.29, 0.717) is 11.3 Å². The fourth-order valence-electron chi connectivity index (χ4n) is 2.04. The average Bonchev–Trinajstić information content (AvgIpc) is 2.36. The van der Waals surface area contributed by atoms with Crippen LogP contribution in [0.4, 0.5) is 0 Å². The lowest BCUT2D eigenvalue weighted by atomic mass is 10.0. The highest BCUT2D eigenvalue weighted by Gasteiger charge is 2.18. The monoisotopic (exact) mass is 350 g/mol. The zero-order valence-corrected chi connectivity index (χ0v) is 13.5. The number of hydrogen-bond donors (Lipinski definition) is 1. The van der Waals surface area contributed by atoms with Crippen LogP contribution in [0.1, 0.15) is 41.4 Å². The maximum absolute atomic E-state index is 12.1. The van der Waals surface area contributed by atoms with Crippen molar-refractivity contribution >= 4 is 21.9 Å². The normalized spacial score (nSPS) is 10.9. The summed E-state index contributed by atoms with van der Waals surface area (Å²) < 4.78 is 2.30. The highest BCUT2D eigenvalue weighted by atomic mass is 79.9. The number of carbonyl (C=O) groups is 1. The van der Waals surface area contributed by atoms with E-state index < -0.39 is 17.1 Å². The zero-order chi connectivity index (χ0) is 15.7. The van der Waals surface area contributed by atoms with E-state index in [-0.39, 0.29) is 5.92 Å². The molecule has 0 bridgehead atoms. The molecule has 0 aliphatic heterocycles. The summed E-state index contributed by atoms with van der Waals surface area (Å²) in [5.41, 5.74) is 1.15. The van der Waals surface area contributed by atoms with E-state index in [1.807, 2.05) is 39.0 Å². The van der Waals surface area contributed by atoms with Crippen LogP contribution in [0.2, 0.25) is 0 Å². The van der Waals surface area contributed by atoms with Crippen LogP contribution in [0.15, 0.2) is 33.7 Å². The van der Waals surface area contributed by atoms with Gasteiger partial charge in [-0.3, -0.25) is 4.79 Å². The number of aromatic carboxylic acids is 1. The molecule has 1 heterocycles. The van der Waals surface area contributed by atoms with E-state index in [2.05, 4.69) is 21.0 Å². The minimum absolute atomic E-state index is 0.0851. The van der Waals surface area contributed by atoms with Gasteiger partial charge in [-0.05, 0) is 36.6 Å². The molecular weight excluding hydrogens is 336 g/mol. The number of nitrogens with zero attached hydrogens (tertiary/aromatic N) is 2. The minimum atomic E-state index is -1.32. The topological polar surface area (TPSA) is 72.2 Å². The van der Waals surface area contributed by atoms with Crippen LogP contribution in [0.5, 0.6) is 0 Å². The van der Waals surface area contributed by atoms with E-state index in [1.165, 1.54) is 4.68 Å². The maximum atomic E-state index is 12.1. The first kappa shape index (κ1) is 15.4. The number of carboxylic acids is 1. The van der Waals surface area contributed by atoms with Crippen molar-refractivity contribution in [3.8, 4) is 5.69 Å². The molecule has 1 aromatic heterocycles. The summed E-state index contributed by atoms with van der Waals surface area (Å²) in [5, 5.41) is 13.1. The number of halogens is 1. The first-order valence-corrected chi connectivity index (χ1v) is 7.23. The molecule has 0 saturated carbocycles. The SMILES string of the molecule is Cc1cc(Br)cc(-n2cc(C(C)C)c(=O)c(C(=O)O)n2)c1. The molecule has 0 atom stereocenters. The molecular formula is C15H15BrN2O3. The molecule has 1 N–H and O–H groups in total. The van der Waals surface area contributed by atoms with Crippen molar-refractivity contribution in [2.24, 2.45) is 0 Å². The van der Waals surface area contributed by atoms with E-state index in [1.54, 1.807) is 6.20 Å². The Hall–Kier alpha value is -1.95. The molecule has 2 aromatic rings. The van der Waals surface area contributed by atoms with Gasteiger partial charge in [-0.25, -0.2) is 9.48 Å². The van der Waals surface area contributed by atoms with Gasteiger partial charge < -0.3 is 5.11 Å². The lowest BCUT2D eigenvalue weighted by molar-refractivity contribution is 0.0686. The highest BCUT2D eigenvalue weighted by molar-refractivity contribution is 9.10. The molecule has 2 rings (SSSR count). The summed E-state index contributed by atoms with van der Waals surface area (Å²) in [7, 11) is 0. The molecule has 1 aromatic carbocycles. The van der Waals surface area contributed by atoms with Crippen molar-refractivity contribution in [2.45, 2.75) is 26.7 Å². The number of hydrogen-bond acceptors (Lipinski definition) is 3. The summed E-state index contributed by atoms with van der Waals surface area (Å²) >= 11 is 3.40. The second-order valence-electron chi connectivity index (χ2n) is 5.15. The van der Waals surface area contributed by atoms with Crippen LogP contribution in [-0.4, -0.2) is 20.9 Å². The number of aromatic nitrogens is 2. The van der Waals surface area contributed by atoms with Gasteiger partial charge in [0.05, 0.1) is 5.69 Å². The van der Waals surface area contributed by atoms with Gasteiger partial charge >= 0.3 is 5.97 Å². The Bertz CT molecular complexity index is 746. The minimum Gasteiger partial charge on any atom is -0.476 e. The second-order valence-corrected chi connectivity index (χ2v) is 6.07. The first-order chi connectivity index (χ1) is 9.79. The van der Waals surface area contributed by atoms with Crippen molar-refractivity contribution in [3.05, 3.63) is 55.9 Å². The summed E-state index contributed by atoms with van der Waals surface area (Å²) in [6.45, 7) is 5.62. The predicted molar refractivity (Wildman–Crippen MR) is 83.3 cm³/mol. The average molecular weight is 351 g/mol. The molecule has 0 unspecified atom stereocenters. The number of aryl methyl sites for hydroxylation is 1. The molecule has 0 radical (unpaired) electrons. The van der Waals surface area contributed by atoms with E-state index >= 15 is 0 Å². The van der Waals surface area contributed by atoms with Gasteiger partial charge in [-0.1, -0.05) is 29.8 Å². The highest BCUT2D eigenvalue weighted by Crippen LogP contribution is 2.19. The fraction of sp³-hybridized carbons (Fsp3) is 0.267. The second kappa shape index (κ2) is 5.81. The number of carboxylic acid groups (broad SMARTS) is 1.